The molecule has 2 saturated carbocycles. The van der Waals surface area contributed by atoms with Crippen LogP contribution >= 0.6 is 0 Å². The maximum atomic E-state index is 13.1. The average molecular weight is 308 g/mol. The molecule has 0 saturated heterocycles. The highest BCUT2D eigenvalue weighted by Crippen LogP contribution is 2.38. The normalized spacial score (nSPS) is 19.2. The summed E-state index contributed by atoms with van der Waals surface area (Å²) >= 11 is 0. The summed E-state index contributed by atoms with van der Waals surface area (Å²) in [6.45, 7) is 3.07. The summed E-state index contributed by atoms with van der Waals surface area (Å²) < 4.78 is 28.0. The van der Waals surface area contributed by atoms with Crippen LogP contribution in [-0.2, 0) is 23.0 Å². The van der Waals surface area contributed by atoms with Gasteiger partial charge in [-0.15, -0.1) is 0 Å². The highest BCUT2D eigenvalue weighted by molar-refractivity contribution is 7.89. The van der Waals surface area contributed by atoms with Crippen LogP contribution in [0.3, 0.4) is 0 Å². The number of nitrogens with zero attached hydrogens (tertiary/aromatic N) is 1. The van der Waals surface area contributed by atoms with Gasteiger partial charge in [-0.2, -0.15) is 4.31 Å². The topological polar surface area (TPSA) is 63.4 Å². The minimum atomic E-state index is -3.39. The van der Waals surface area contributed by atoms with Crippen molar-refractivity contribution in [2.45, 2.75) is 56.5 Å². The number of aryl methyl sites for hydroxylation is 1. The largest absolute Gasteiger partial charge is 0.326 e. The second kappa shape index (κ2) is 5.71. The zero-order valence-electron chi connectivity index (χ0n) is 12.6. The van der Waals surface area contributed by atoms with Gasteiger partial charge in [-0.1, -0.05) is 19.1 Å². The first-order valence-electron chi connectivity index (χ1n) is 7.90. The lowest BCUT2D eigenvalue weighted by Gasteiger charge is -2.23. The standard InChI is InChI=1S/C16H24N2O2S/c1-2-14-6-5-13(10-17)9-16(14)21(19,20)18(15-7-8-15)11-12-3-4-12/h5-6,9,12,15H,2-4,7-8,10-11,17H2,1H3. The Hall–Kier alpha value is -0.910. The van der Waals surface area contributed by atoms with Crippen LogP contribution < -0.4 is 5.73 Å². The maximum Gasteiger partial charge on any atom is 0.243 e. The van der Waals surface area contributed by atoms with Crippen molar-refractivity contribution in [3.05, 3.63) is 29.3 Å². The minimum absolute atomic E-state index is 0.224. The first-order valence-corrected chi connectivity index (χ1v) is 9.34. The van der Waals surface area contributed by atoms with E-state index in [0.29, 0.717) is 23.9 Å². The number of hydrogen-bond acceptors (Lipinski definition) is 3. The van der Waals surface area contributed by atoms with Crippen molar-refractivity contribution in [2.24, 2.45) is 11.7 Å². The lowest BCUT2D eigenvalue weighted by atomic mass is 10.1. The average Bonchev–Trinajstić information content (AvgIpc) is 3.37. The highest BCUT2D eigenvalue weighted by atomic mass is 32.2. The number of benzene rings is 1. The molecule has 21 heavy (non-hydrogen) atoms. The SMILES string of the molecule is CCc1ccc(CN)cc1S(=O)(=O)N(CC1CC1)C1CC1. The van der Waals surface area contributed by atoms with E-state index in [1.54, 1.807) is 10.4 Å². The Labute approximate surface area is 127 Å². The fourth-order valence-electron chi connectivity index (χ4n) is 2.75. The van der Waals surface area contributed by atoms with Crippen LogP contribution in [0.1, 0.15) is 43.7 Å². The Kier molecular flexibility index (Phi) is 4.08. The molecule has 1 aromatic carbocycles. The van der Waals surface area contributed by atoms with Gasteiger partial charge in [-0.3, -0.25) is 0 Å². The fourth-order valence-corrected chi connectivity index (χ4v) is 4.85. The Morgan fingerprint density at radius 1 is 1.24 bits per heavy atom. The van der Waals surface area contributed by atoms with Crippen molar-refractivity contribution in [1.82, 2.24) is 4.31 Å². The summed E-state index contributed by atoms with van der Waals surface area (Å²) in [4.78, 5) is 0.473. The molecule has 1 aromatic rings. The van der Waals surface area contributed by atoms with Gasteiger partial charge in [0.05, 0.1) is 4.90 Å². The Bertz CT molecular complexity index is 619. The van der Waals surface area contributed by atoms with Crippen LogP contribution in [0.2, 0.25) is 0 Å². The summed E-state index contributed by atoms with van der Waals surface area (Å²) in [5.41, 5.74) is 7.46. The van der Waals surface area contributed by atoms with Crippen LogP contribution in [0.25, 0.3) is 0 Å². The van der Waals surface area contributed by atoms with Gasteiger partial charge in [-0.05, 0) is 55.2 Å². The molecule has 3 rings (SSSR count). The van der Waals surface area contributed by atoms with Gasteiger partial charge >= 0.3 is 0 Å². The third kappa shape index (κ3) is 3.15. The first kappa shape index (κ1) is 15.0. The fraction of sp³-hybridized carbons (Fsp3) is 0.625. The zero-order chi connectivity index (χ0) is 15.0. The zero-order valence-corrected chi connectivity index (χ0v) is 13.4. The molecule has 0 unspecified atom stereocenters. The predicted molar refractivity (Wildman–Crippen MR) is 83.3 cm³/mol. The molecule has 5 heteroatoms. The van der Waals surface area contributed by atoms with Gasteiger partial charge in [0, 0.05) is 19.1 Å². The number of nitrogens with two attached hydrogens (primary N) is 1. The Morgan fingerprint density at radius 2 is 1.95 bits per heavy atom. The molecule has 0 atom stereocenters. The van der Waals surface area contributed by atoms with Gasteiger partial charge in [0.2, 0.25) is 10.0 Å². The second-order valence-electron chi connectivity index (χ2n) is 6.25. The second-order valence-corrected chi connectivity index (χ2v) is 8.11. The van der Waals surface area contributed by atoms with Crippen molar-refractivity contribution in [3.63, 3.8) is 0 Å². The molecule has 0 bridgehead atoms. The van der Waals surface area contributed by atoms with Crippen LogP contribution in [0.4, 0.5) is 0 Å². The van der Waals surface area contributed by atoms with E-state index in [4.69, 9.17) is 5.73 Å². The van der Waals surface area contributed by atoms with E-state index < -0.39 is 10.0 Å². The molecule has 4 nitrogen and oxygen atoms in total. The van der Waals surface area contributed by atoms with E-state index in [1.165, 1.54) is 12.8 Å². The molecule has 0 amide bonds. The number of hydrogen-bond donors (Lipinski definition) is 1. The number of rotatable bonds is 7. The van der Waals surface area contributed by atoms with Gasteiger partial charge in [-0.25, -0.2) is 8.42 Å². The third-order valence-electron chi connectivity index (χ3n) is 4.42. The molecule has 2 fully saturated rings. The summed E-state index contributed by atoms with van der Waals surface area (Å²) in [5.74, 6) is 0.572. The van der Waals surface area contributed by atoms with E-state index in [0.717, 1.165) is 30.4 Å². The molecular weight excluding hydrogens is 284 g/mol. The summed E-state index contributed by atoms with van der Waals surface area (Å²) in [6.07, 6.45) is 5.07. The molecule has 2 aliphatic rings. The van der Waals surface area contributed by atoms with E-state index in [2.05, 4.69) is 0 Å². The third-order valence-corrected chi connectivity index (χ3v) is 6.42. The summed E-state index contributed by atoms with van der Waals surface area (Å²) in [6, 6.07) is 5.84. The monoisotopic (exact) mass is 308 g/mol. The van der Waals surface area contributed by atoms with Gasteiger partial charge < -0.3 is 5.73 Å². The van der Waals surface area contributed by atoms with Gasteiger partial charge in [0.25, 0.3) is 0 Å². The van der Waals surface area contributed by atoms with Crippen LogP contribution in [0.15, 0.2) is 23.1 Å². The van der Waals surface area contributed by atoms with Gasteiger partial charge in [0.1, 0.15) is 0 Å². The summed E-state index contributed by atoms with van der Waals surface area (Å²) in [7, 11) is -3.39. The van der Waals surface area contributed by atoms with Crippen molar-refractivity contribution >= 4 is 10.0 Å². The Morgan fingerprint density at radius 3 is 2.48 bits per heavy atom. The van der Waals surface area contributed by atoms with E-state index in [-0.39, 0.29) is 6.04 Å². The van der Waals surface area contributed by atoms with Crippen molar-refractivity contribution in [1.29, 1.82) is 0 Å². The van der Waals surface area contributed by atoms with Crippen molar-refractivity contribution < 1.29 is 8.42 Å². The molecule has 2 N–H and O–H groups in total. The lowest BCUT2D eigenvalue weighted by molar-refractivity contribution is 0.388. The van der Waals surface area contributed by atoms with E-state index >= 15 is 0 Å². The molecule has 116 valence electrons. The van der Waals surface area contributed by atoms with Crippen LogP contribution in [0.5, 0.6) is 0 Å². The lowest BCUT2D eigenvalue weighted by Crippen LogP contribution is -2.35. The number of sulfonamides is 1. The molecule has 0 radical (unpaired) electrons. The quantitative estimate of drug-likeness (QED) is 0.840. The molecule has 0 aliphatic heterocycles. The van der Waals surface area contributed by atoms with Crippen LogP contribution in [-0.4, -0.2) is 25.3 Å². The maximum absolute atomic E-state index is 13.1. The molecule has 0 heterocycles. The van der Waals surface area contributed by atoms with E-state index in [9.17, 15) is 8.42 Å². The molecule has 0 aromatic heterocycles. The van der Waals surface area contributed by atoms with Crippen molar-refractivity contribution in [3.8, 4) is 0 Å². The molecular formula is C16H24N2O2S. The van der Waals surface area contributed by atoms with E-state index in [1.807, 2.05) is 19.1 Å². The molecule has 2 aliphatic carbocycles. The first-order chi connectivity index (χ1) is 10.1. The van der Waals surface area contributed by atoms with Crippen LogP contribution in [0, 0.1) is 5.92 Å². The predicted octanol–water partition coefficient (Wildman–Crippen LogP) is 2.27. The smallest absolute Gasteiger partial charge is 0.243 e. The summed E-state index contributed by atoms with van der Waals surface area (Å²) in [5, 5.41) is 0. The highest BCUT2D eigenvalue weighted by Gasteiger charge is 2.41. The van der Waals surface area contributed by atoms with Crippen molar-refractivity contribution in [2.75, 3.05) is 6.54 Å². The molecule has 0 spiro atoms. The van der Waals surface area contributed by atoms with Gasteiger partial charge in [0.15, 0.2) is 0 Å². The Balaban J connectivity index is 1.98. The minimum Gasteiger partial charge on any atom is -0.326 e.